The van der Waals surface area contributed by atoms with Gasteiger partial charge in [-0.2, -0.15) is 0 Å². The maximum Gasteiger partial charge on any atom is 0.472 e. The molecule has 0 aromatic carbocycles. The molecule has 2 atom stereocenters. The van der Waals surface area contributed by atoms with E-state index < -0.39 is 13.9 Å². The van der Waals surface area contributed by atoms with Crippen molar-refractivity contribution < 1.29 is 27.7 Å². The van der Waals surface area contributed by atoms with Crippen molar-refractivity contribution in [1.29, 1.82) is 0 Å². The number of nitrogens with one attached hydrogen (secondary N) is 1. The SMILES string of the molecule is CCCCCCCCCCCCCCCCCCCCOCC(CNCCCCCCCCCCCCCCCCCC)OP(=O)(O)OCC[N+](C)(C)C. The zero-order chi connectivity index (χ0) is 39.7. The molecule has 54 heavy (non-hydrogen) atoms. The van der Waals surface area contributed by atoms with Crippen molar-refractivity contribution in [2.75, 3.05) is 60.6 Å². The summed E-state index contributed by atoms with van der Waals surface area (Å²) in [4.78, 5) is 10.4. The van der Waals surface area contributed by atoms with Crippen LogP contribution in [0.1, 0.15) is 232 Å². The lowest BCUT2D eigenvalue weighted by Gasteiger charge is -2.25. The topological polar surface area (TPSA) is 77.0 Å². The zero-order valence-electron chi connectivity index (χ0n) is 37.3. The average molecular weight is 790 g/mol. The van der Waals surface area contributed by atoms with Gasteiger partial charge in [-0.3, -0.25) is 9.05 Å². The van der Waals surface area contributed by atoms with Crippen molar-refractivity contribution in [2.45, 2.75) is 238 Å². The van der Waals surface area contributed by atoms with E-state index in [1.807, 2.05) is 21.1 Å². The Morgan fingerprint density at radius 1 is 0.500 bits per heavy atom. The molecule has 8 heteroatoms. The highest BCUT2D eigenvalue weighted by molar-refractivity contribution is 7.47. The summed E-state index contributed by atoms with van der Waals surface area (Å²) in [5.41, 5.74) is 0. The fourth-order valence-corrected chi connectivity index (χ4v) is 8.04. The van der Waals surface area contributed by atoms with Crippen molar-refractivity contribution in [3.8, 4) is 0 Å². The third-order valence-corrected chi connectivity index (χ3v) is 11.9. The second-order valence-electron chi connectivity index (χ2n) is 17.6. The van der Waals surface area contributed by atoms with Crippen molar-refractivity contribution in [1.82, 2.24) is 5.32 Å². The molecule has 0 spiro atoms. The van der Waals surface area contributed by atoms with Gasteiger partial charge in [-0.25, -0.2) is 4.57 Å². The van der Waals surface area contributed by atoms with Crippen molar-refractivity contribution >= 4 is 7.82 Å². The molecule has 7 nitrogen and oxygen atoms in total. The largest absolute Gasteiger partial charge is 0.472 e. The molecule has 0 aliphatic heterocycles. The lowest BCUT2D eigenvalue weighted by atomic mass is 10.0. The van der Waals surface area contributed by atoms with E-state index in [1.165, 1.54) is 205 Å². The second kappa shape index (κ2) is 41.2. The van der Waals surface area contributed by atoms with E-state index in [0.717, 1.165) is 19.4 Å². The van der Waals surface area contributed by atoms with Crippen LogP contribution in [0.15, 0.2) is 0 Å². The number of nitrogens with zero attached hydrogens (tertiary/aromatic N) is 1. The Kier molecular flexibility index (Phi) is 41.2. The number of likely N-dealkylation sites (N-methyl/N-ethyl adjacent to an activating group) is 1. The minimum atomic E-state index is -4.15. The first kappa shape index (κ1) is 54.0. The van der Waals surface area contributed by atoms with Crippen molar-refractivity contribution in [3.63, 3.8) is 0 Å². The Hall–Kier alpha value is -0.0100. The first-order chi connectivity index (χ1) is 26.2. The molecular formula is C46H98N2O5P+. The maximum atomic E-state index is 12.7. The van der Waals surface area contributed by atoms with Crippen LogP contribution in [-0.4, -0.2) is 76.1 Å². The van der Waals surface area contributed by atoms with E-state index in [0.29, 0.717) is 30.8 Å². The number of hydrogen-bond donors (Lipinski definition) is 2. The van der Waals surface area contributed by atoms with Gasteiger partial charge in [0.25, 0.3) is 0 Å². The van der Waals surface area contributed by atoms with Gasteiger partial charge in [0, 0.05) is 13.2 Å². The van der Waals surface area contributed by atoms with E-state index in [1.54, 1.807) is 0 Å². The predicted molar refractivity (Wildman–Crippen MR) is 236 cm³/mol. The van der Waals surface area contributed by atoms with Crippen LogP contribution in [0.4, 0.5) is 0 Å². The molecule has 0 aromatic rings. The Balaban J connectivity index is 3.97. The van der Waals surface area contributed by atoms with Gasteiger partial charge in [-0.05, 0) is 19.4 Å². The summed E-state index contributed by atoms with van der Waals surface area (Å²) in [6.45, 7) is 7.72. The molecule has 0 aliphatic rings. The summed E-state index contributed by atoms with van der Waals surface area (Å²) >= 11 is 0. The number of hydrogen-bond acceptors (Lipinski definition) is 5. The summed E-state index contributed by atoms with van der Waals surface area (Å²) in [6.07, 6.45) is 45.8. The summed E-state index contributed by atoms with van der Waals surface area (Å²) in [6, 6.07) is 0. The minimum absolute atomic E-state index is 0.177. The van der Waals surface area contributed by atoms with Gasteiger partial charge in [0.05, 0.1) is 27.7 Å². The van der Waals surface area contributed by atoms with Crippen LogP contribution in [0.25, 0.3) is 0 Å². The molecule has 2 N–H and O–H groups in total. The monoisotopic (exact) mass is 790 g/mol. The molecule has 0 radical (unpaired) electrons. The predicted octanol–water partition coefficient (Wildman–Crippen LogP) is 14.1. The number of quaternary nitrogens is 1. The van der Waals surface area contributed by atoms with Crippen LogP contribution in [0.3, 0.4) is 0 Å². The van der Waals surface area contributed by atoms with Gasteiger partial charge in [-0.1, -0.05) is 219 Å². The van der Waals surface area contributed by atoms with Gasteiger partial charge < -0.3 is 19.4 Å². The molecule has 0 aromatic heterocycles. The fraction of sp³-hybridized carbons (Fsp3) is 1.00. The van der Waals surface area contributed by atoms with E-state index in [-0.39, 0.29) is 6.61 Å². The molecule has 0 saturated carbocycles. The molecule has 0 bridgehead atoms. The number of unbranched alkanes of at least 4 members (excludes halogenated alkanes) is 32. The lowest BCUT2D eigenvalue weighted by Crippen LogP contribution is -2.37. The average Bonchev–Trinajstić information content (AvgIpc) is 3.12. The molecule has 0 aliphatic carbocycles. The quantitative estimate of drug-likeness (QED) is 0.0363. The maximum absolute atomic E-state index is 12.7. The van der Waals surface area contributed by atoms with E-state index >= 15 is 0 Å². The van der Waals surface area contributed by atoms with Gasteiger partial charge in [0.2, 0.25) is 0 Å². The molecule has 0 rings (SSSR count). The first-order valence-corrected chi connectivity index (χ1v) is 25.4. The highest BCUT2D eigenvalue weighted by atomic mass is 31.2. The molecule has 0 fully saturated rings. The number of rotatable bonds is 46. The van der Waals surface area contributed by atoms with Gasteiger partial charge in [0.1, 0.15) is 19.3 Å². The van der Waals surface area contributed by atoms with Crippen LogP contribution >= 0.6 is 7.82 Å². The molecular weight excluding hydrogens is 691 g/mol. The van der Waals surface area contributed by atoms with Crippen LogP contribution < -0.4 is 5.32 Å². The first-order valence-electron chi connectivity index (χ1n) is 23.9. The number of phosphoric acid groups is 1. The van der Waals surface area contributed by atoms with E-state index in [4.69, 9.17) is 13.8 Å². The van der Waals surface area contributed by atoms with Crippen molar-refractivity contribution in [3.05, 3.63) is 0 Å². The van der Waals surface area contributed by atoms with Crippen LogP contribution in [0.5, 0.6) is 0 Å². The summed E-state index contributed by atoms with van der Waals surface area (Å²) in [5, 5.41) is 3.45. The summed E-state index contributed by atoms with van der Waals surface area (Å²) < 4.78 is 30.3. The Bertz CT molecular complexity index is 781. The highest BCUT2D eigenvalue weighted by Gasteiger charge is 2.27. The lowest BCUT2D eigenvalue weighted by molar-refractivity contribution is -0.870. The third kappa shape index (κ3) is 44.7. The summed E-state index contributed by atoms with van der Waals surface area (Å²) in [7, 11) is 1.95. The van der Waals surface area contributed by atoms with E-state index in [2.05, 4.69) is 19.2 Å². The summed E-state index contributed by atoms with van der Waals surface area (Å²) in [5.74, 6) is 0. The molecule has 2 unspecified atom stereocenters. The van der Waals surface area contributed by atoms with Crippen LogP contribution in [0, 0.1) is 0 Å². The number of phosphoric ester groups is 1. The molecule has 0 saturated heterocycles. The standard InChI is InChI=1S/C46H97N2O5P/c1-6-8-10-12-14-16-18-20-22-24-25-27-29-31-33-35-37-39-42-51-45-46(53-54(49,50)52-43-41-48(3,4)5)44-47-40-38-36-34-32-30-28-26-23-21-19-17-15-13-11-9-7-2/h46-47H,6-45H2,1-5H3/p+1. The minimum Gasteiger partial charge on any atom is -0.379 e. The third-order valence-electron chi connectivity index (χ3n) is 10.8. The second-order valence-corrected chi connectivity index (χ2v) is 19.0. The molecule has 0 amide bonds. The van der Waals surface area contributed by atoms with Gasteiger partial charge in [-0.15, -0.1) is 0 Å². The van der Waals surface area contributed by atoms with Crippen LogP contribution in [0.2, 0.25) is 0 Å². The normalized spacial score (nSPS) is 13.8. The van der Waals surface area contributed by atoms with Gasteiger partial charge >= 0.3 is 7.82 Å². The fourth-order valence-electron chi connectivity index (χ4n) is 7.16. The highest BCUT2D eigenvalue weighted by Crippen LogP contribution is 2.44. The Labute approximate surface area is 338 Å². The number of ether oxygens (including phenoxy) is 1. The zero-order valence-corrected chi connectivity index (χ0v) is 38.2. The van der Waals surface area contributed by atoms with Crippen LogP contribution in [-0.2, 0) is 18.3 Å². The molecule has 326 valence electrons. The Morgan fingerprint density at radius 2 is 0.833 bits per heavy atom. The van der Waals surface area contributed by atoms with Crippen molar-refractivity contribution in [2.24, 2.45) is 0 Å². The van der Waals surface area contributed by atoms with E-state index in [9.17, 15) is 9.46 Å². The smallest absolute Gasteiger partial charge is 0.379 e. The van der Waals surface area contributed by atoms with Gasteiger partial charge in [0.15, 0.2) is 0 Å². The Morgan fingerprint density at radius 3 is 1.19 bits per heavy atom. The molecule has 0 heterocycles.